The highest BCUT2D eigenvalue weighted by Crippen LogP contribution is 2.12. The molecule has 0 aliphatic heterocycles. The van der Waals surface area contributed by atoms with Crippen molar-refractivity contribution in [1.82, 2.24) is 10.6 Å². The third kappa shape index (κ3) is 3.90. The van der Waals surface area contributed by atoms with Crippen LogP contribution < -0.4 is 10.6 Å². The predicted molar refractivity (Wildman–Crippen MR) is 61.7 cm³/mol. The minimum atomic E-state index is 0.591. The molecular formula is C12H20N2. The Morgan fingerprint density at radius 1 is 1.14 bits per heavy atom. The van der Waals surface area contributed by atoms with Gasteiger partial charge < -0.3 is 10.6 Å². The van der Waals surface area contributed by atoms with Gasteiger partial charge in [-0.3, -0.25) is 0 Å². The van der Waals surface area contributed by atoms with Crippen LogP contribution >= 0.6 is 0 Å². The molecule has 1 atom stereocenters. The van der Waals surface area contributed by atoms with E-state index < -0.39 is 0 Å². The van der Waals surface area contributed by atoms with E-state index >= 15 is 0 Å². The molecular weight excluding hydrogens is 172 g/mol. The first kappa shape index (κ1) is 11.2. The van der Waals surface area contributed by atoms with Crippen LogP contribution in [0, 0.1) is 0 Å². The van der Waals surface area contributed by atoms with Gasteiger partial charge in [0.2, 0.25) is 0 Å². The van der Waals surface area contributed by atoms with Crippen LogP contribution in [0.2, 0.25) is 0 Å². The molecule has 14 heavy (non-hydrogen) atoms. The van der Waals surface area contributed by atoms with Crippen molar-refractivity contribution in [2.75, 3.05) is 26.7 Å². The lowest BCUT2D eigenvalue weighted by Gasteiger charge is -2.12. The first-order valence-corrected chi connectivity index (χ1v) is 5.25. The molecule has 0 heterocycles. The highest BCUT2D eigenvalue weighted by molar-refractivity contribution is 5.18. The van der Waals surface area contributed by atoms with Gasteiger partial charge >= 0.3 is 0 Å². The van der Waals surface area contributed by atoms with Crippen molar-refractivity contribution in [3.8, 4) is 0 Å². The molecule has 1 aromatic carbocycles. The Labute approximate surface area is 86.7 Å². The second kappa shape index (κ2) is 6.57. The van der Waals surface area contributed by atoms with Crippen molar-refractivity contribution >= 4 is 0 Å². The summed E-state index contributed by atoms with van der Waals surface area (Å²) in [5.74, 6) is 0.591. The zero-order chi connectivity index (χ0) is 10.2. The number of hydrogen-bond acceptors (Lipinski definition) is 2. The van der Waals surface area contributed by atoms with Crippen molar-refractivity contribution in [3.05, 3.63) is 35.9 Å². The van der Waals surface area contributed by atoms with Crippen molar-refractivity contribution in [2.24, 2.45) is 0 Å². The van der Waals surface area contributed by atoms with E-state index in [0.29, 0.717) is 5.92 Å². The van der Waals surface area contributed by atoms with Gasteiger partial charge in [-0.15, -0.1) is 0 Å². The highest BCUT2D eigenvalue weighted by Gasteiger charge is 2.02. The van der Waals surface area contributed by atoms with Gasteiger partial charge in [-0.2, -0.15) is 0 Å². The van der Waals surface area contributed by atoms with Gasteiger partial charge in [0.1, 0.15) is 0 Å². The zero-order valence-electron chi connectivity index (χ0n) is 9.09. The second-order valence-corrected chi connectivity index (χ2v) is 3.62. The molecule has 1 unspecified atom stereocenters. The molecule has 0 amide bonds. The summed E-state index contributed by atoms with van der Waals surface area (Å²) in [4.78, 5) is 0. The van der Waals surface area contributed by atoms with Crippen LogP contribution in [-0.2, 0) is 0 Å². The van der Waals surface area contributed by atoms with Crippen molar-refractivity contribution in [1.29, 1.82) is 0 Å². The summed E-state index contributed by atoms with van der Waals surface area (Å²) in [5, 5.41) is 6.54. The molecule has 2 heteroatoms. The summed E-state index contributed by atoms with van der Waals surface area (Å²) < 4.78 is 0. The Balaban J connectivity index is 2.25. The third-order valence-electron chi connectivity index (χ3n) is 2.37. The topological polar surface area (TPSA) is 24.1 Å². The van der Waals surface area contributed by atoms with Gasteiger partial charge in [0.25, 0.3) is 0 Å². The molecule has 0 spiro atoms. The molecule has 0 saturated heterocycles. The van der Waals surface area contributed by atoms with E-state index in [-0.39, 0.29) is 0 Å². The van der Waals surface area contributed by atoms with Crippen LogP contribution in [0.15, 0.2) is 30.3 Å². The van der Waals surface area contributed by atoms with Crippen LogP contribution in [0.3, 0.4) is 0 Å². The van der Waals surface area contributed by atoms with E-state index in [4.69, 9.17) is 0 Å². The minimum Gasteiger partial charge on any atom is -0.318 e. The minimum absolute atomic E-state index is 0.591. The fourth-order valence-corrected chi connectivity index (χ4v) is 1.43. The molecule has 0 aromatic heterocycles. The Bertz CT molecular complexity index is 233. The molecule has 0 radical (unpaired) electrons. The number of likely N-dealkylation sites (N-methyl/N-ethyl adjacent to an activating group) is 1. The van der Waals surface area contributed by atoms with Crippen molar-refractivity contribution in [2.45, 2.75) is 12.8 Å². The lowest BCUT2D eigenvalue weighted by Crippen LogP contribution is -2.27. The van der Waals surface area contributed by atoms with Crippen molar-refractivity contribution < 1.29 is 0 Å². The van der Waals surface area contributed by atoms with Gasteiger partial charge in [-0.05, 0) is 18.5 Å². The molecule has 78 valence electrons. The molecule has 0 saturated carbocycles. The van der Waals surface area contributed by atoms with E-state index in [1.807, 2.05) is 7.05 Å². The monoisotopic (exact) mass is 192 g/mol. The van der Waals surface area contributed by atoms with Crippen LogP contribution in [0.5, 0.6) is 0 Å². The SMILES string of the molecule is CNCCNCC(C)c1ccccc1. The van der Waals surface area contributed by atoms with Gasteiger partial charge in [-0.25, -0.2) is 0 Å². The largest absolute Gasteiger partial charge is 0.318 e. The Morgan fingerprint density at radius 2 is 1.86 bits per heavy atom. The highest BCUT2D eigenvalue weighted by atomic mass is 14.9. The van der Waals surface area contributed by atoms with E-state index in [0.717, 1.165) is 19.6 Å². The molecule has 0 bridgehead atoms. The molecule has 2 nitrogen and oxygen atoms in total. The molecule has 0 aliphatic rings. The van der Waals surface area contributed by atoms with Gasteiger partial charge in [-0.1, -0.05) is 37.3 Å². The van der Waals surface area contributed by atoms with Gasteiger partial charge in [0, 0.05) is 19.6 Å². The summed E-state index contributed by atoms with van der Waals surface area (Å²) in [5.41, 5.74) is 1.41. The number of benzene rings is 1. The first-order chi connectivity index (χ1) is 6.84. The number of rotatable bonds is 6. The Kier molecular flexibility index (Phi) is 5.27. The normalized spacial score (nSPS) is 12.7. The van der Waals surface area contributed by atoms with E-state index in [1.165, 1.54) is 5.56 Å². The first-order valence-electron chi connectivity index (χ1n) is 5.25. The lowest BCUT2D eigenvalue weighted by atomic mass is 10.0. The van der Waals surface area contributed by atoms with Gasteiger partial charge in [0.15, 0.2) is 0 Å². The fourth-order valence-electron chi connectivity index (χ4n) is 1.43. The average molecular weight is 192 g/mol. The smallest absolute Gasteiger partial charge is 0.00768 e. The summed E-state index contributed by atoms with van der Waals surface area (Å²) >= 11 is 0. The number of nitrogens with one attached hydrogen (secondary N) is 2. The Hall–Kier alpha value is -0.860. The quantitative estimate of drug-likeness (QED) is 0.669. The summed E-state index contributed by atoms with van der Waals surface area (Å²) in [6, 6.07) is 10.6. The van der Waals surface area contributed by atoms with E-state index in [2.05, 4.69) is 47.9 Å². The molecule has 0 fully saturated rings. The molecule has 1 aromatic rings. The summed E-state index contributed by atoms with van der Waals surface area (Å²) in [6.45, 7) is 5.36. The maximum atomic E-state index is 3.42. The maximum Gasteiger partial charge on any atom is 0.00768 e. The third-order valence-corrected chi connectivity index (χ3v) is 2.37. The van der Waals surface area contributed by atoms with Crippen molar-refractivity contribution in [3.63, 3.8) is 0 Å². The zero-order valence-corrected chi connectivity index (χ0v) is 9.09. The second-order valence-electron chi connectivity index (χ2n) is 3.62. The van der Waals surface area contributed by atoms with Crippen LogP contribution in [0.4, 0.5) is 0 Å². The van der Waals surface area contributed by atoms with Crippen LogP contribution in [0.1, 0.15) is 18.4 Å². The summed E-state index contributed by atoms with van der Waals surface area (Å²) in [7, 11) is 1.97. The van der Waals surface area contributed by atoms with E-state index in [9.17, 15) is 0 Å². The van der Waals surface area contributed by atoms with Crippen LogP contribution in [0.25, 0.3) is 0 Å². The summed E-state index contributed by atoms with van der Waals surface area (Å²) in [6.07, 6.45) is 0. The molecule has 1 rings (SSSR count). The predicted octanol–water partition coefficient (Wildman–Crippen LogP) is 1.60. The number of hydrogen-bond donors (Lipinski definition) is 2. The maximum absolute atomic E-state index is 3.42. The van der Waals surface area contributed by atoms with E-state index in [1.54, 1.807) is 0 Å². The molecule has 2 N–H and O–H groups in total. The lowest BCUT2D eigenvalue weighted by molar-refractivity contribution is 0.599. The molecule has 0 aliphatic carbocycles. The Morgan fingerprint density at radius 3 is 2.50 bits per heavy atom. The fraction of sp³-hybridized carbons (Fsp3) is 0.500. The van der Waals surface area contributed by atoms with Crippen LogP contribution in [-0.4, -0.2) is 26.7 Å². The van der Waals surface area contributed by atoms with Gasteiger partial charge in [0.05, 0.1) is 0 Å². The standard InChI is InChI=1S/C12H20N2/c1-11(10-14-9-8-13-2)12-6-4-3-5-7-12/h3-7,11,13-14H,8-10H2,1-2H3. The average Bonchev–Trinajstić information content (AvgIpc) is 2.25.